The van der Waals surface area contributed by atoms with Gasteiger partial charge in [0.05, 0.1) is 0 Å². The lowest BCUT2D eigenvalue weighted by molar-refractivity contribution is 1.02. The van der Waals surface area contributed by atoms with Gasteiger partial charge in [-0.05, 0) is 36.8 Å². The summed E-state index contributed by atoms with van der Waals surface area (Å²) in [6.45, 7) is 10.2. The SMILES string of the molecule is C=C(/C=C\C=C/C)c1ccc(C)cc1.CCCC=S. The number of rotatable bonds is 5. The van der Waals surface area contributed by atoms with Crippen LogP contribution in [-0.2, 0) is 0 Å². The van der Waals surface area contributed by atoms with Crippen LogP contribution in [-0.4, -0.2) is 5.37 Å². The topological polar surface area (TPSA) is 0 Å². The van der Waals surface area contributed by atoms with Crippen molar-refractivity contribution < 1.29 is 0 Å². The van der Waals surface area contributed by atoms with Gasteiger partial charge in [-0.25, -0.2) is 0 Å². The molecule has 0 bridgehead atoms. The Bertz CT molecular complexity index is 422. The van der Waals surface area contributed by atoms with Crippen molar-refractivity contribution in [1.82, 2.24) is 0 Å². The van der Waals surface area contributed by atoms with E-state index in [0.29, 0.717) is 0 Å². The van der Waals surface area contributed by atoms with Gasteiger partial charge < -0.3 is 0 Å². The molecule has 0 radical (unpaired) electrons. The molecule has 0 aliphatic carbocycles. The fourth-order valence-electron chi connectivity index (χ4n) is 1.26. The van der Waals surface area contributed by atoms with Crippen molar-refractivity contribution in [2.24, 2.45) is 0 Å². The van der Waals surface area contributed by atoms with Crippen LogP contribution in [0.5, 0.6) is 0 Å². The zero-order chi connectivity index (χ0) is 14.5. The average Bonchev–Trinajstić information content (AvgIpc) is 2.41. The van der Waals surface area contributed by atoms with Crippen LogP contribution in [0.4, 0.5) is 0 Å². The molecular weight excluding hydrogens is 248 g/mol. The molecule has 0 saturated heterocycles. The van der Waals surface area contributed by atoms with Crippen molar-refractivity contribution in [2.45, 2.75) is 33.6 Å². The van der Waals surface area contributed by atoms with Crippen molar-refractivity contribution in [2.75, 3.05) is 0 Å². The molecule has 0 unspecified atom stereocenters. The Kier molecular flexibility index (Phi) is 10.7. The molecule has 1 rings (SSSR count). The molecule has 0 N–H and O–H groups in total. The lowest BCUT2D eigenvalue weighted by atomic mass is 10.1. The predicted molar refractivity (Wildman–Crippen MR) is 92.7 cm³/mol. The second kappa shape index (κ2) is 11.6. The first-order chi connectivity index (χ1) is 9.15. The molecule has 0 aliphatic rings. The molecule has 0 atom stereocenters. The molecule has 0 heterocycles. The van der Waals surface area contributed by atoms with Gasteiger partial charge in [0.25, 0.3) is 0 Å². The minimum absolute atomic E-state index is 1.04. The Labute approximate surface area is 123 Å². The van der Waals surface area contributed by atoms with E-state index in [2.05, 4.69) is 56.9 Å². The minimum atomic E-state index is 1.04. The summed E-state index contributed by atoms with van der Waals surface area (Å²) >= 11 is 4.53. The molecule has 0 saturated carbocycles. The van der Waals surface area contributed by atoms with E-state index in [1.807, 2.05) is 31.2 Å². The van der Waals surface area contributed by atoms with Crippen LogP contribution in [0.15, 0.2) is 55.1 Å². The second-order valence-corrected chi connectivity index (χ2v) is 4.56. The number of benzene rings is 1. The Morgan fingerprint density at radius 3 is 2.26 bits per heavy atom. The zero-order valence-corrected chi connectivity index (χ0v) is 13.0. The van der Waals surface area contributed by atoms with Gasteiger partial charge in [0, 0.05) is 0 Å². The predicted octanol–water partition coefficient (Wildman–Crippen LogP) is 5.93. The first-order valence-electron chi connectivity index (χ1n) is 6.64. The van der Waals surface area contributed by atoms with Crippen molar-refractivity contribution in [1.29, 1.82) is 0 Å². The summed E-state index contributed by atoms with van der Waals surface area (Å²) in [5, 5.41) is 1.76. The fraction of sp³-hybridized carbons (Fsp3) is 0.278. The maximum atomic E-state index is 4.53. The highest BCUT2D eigenvalue weighted by molar-refractivity contribution is 7.78. The van der Waals surface area contributed by atoms with Crippen molar-refractivity contribution in [3.8, 4) is 0 Å². The summed E-state index contributed by atoms with van der Waals surface area (Å²) in [7, 11) is 0. The van der Waals surface area contributed by atoms with Crippen LogP contribution in [0.2, 0.25) is 0 Å². The van der Waals surface area contributed by atoms with E-state index in [1.54, 1.807) is 5.37 Å². The lowest BCUT2D eigenvalue weighted by Crippen LogP contribution is -1.78. The summed E-state index contributed by atoms with van der Waals surface area (Å²) in [5.74, 6) is 0. The molecule has 0 aliphatic heterocycles. The highest BCUT2D eigenvalue weighted by Crippen LogP contribution is 2.14. The van der Waals surface area contributed by atoms with Crippen molar-refractivity contribution in [3.05, 3.63) is 66.3 Å². The van der Waals surface area contributed by atoms with Gasteiger partial charge in [-0.15, -0.1) is 0 Å². The van der Waals surface area contributed by atoms with Gasteiger partial charge in [0.1, 0.15) is 0 Å². The van der Waals surface area contributed by atoms with Crippen LogP contribution >= 0.6 is 12.2 Å². The summed E-state index contributed by atoms with van der Waals surface area (Å²) in [6.07, 6.45) is 10.3. The largest absolute Gasteiger partial charge is 0.0935 e. The molecule has 0 amide bonds. The Morgan fingerprint density at radius 2 is 1.84 bits per heavy atom. The van der Waals surface area contributed by atoms with Gasteiger partial charge >= 0.3 is 0 Å². The van der Waals surface area contributed by atoms with Crippen molar-refractivity contribution >= 4 is 23.2 Å². The van der Waals surface area contributed by atoms with E-state index in [4.69, 9.17) is 0 Å². The number of hydrogen-bond acceptors (Lipinski definition) is 1. The number of thiocarbonyl (C=S) groups is 1. The van der Waals surface area contributed by atoms with Gasteiger partial charge in [-0.3, -0.25) is 0 Å². The Hall–Kier alpha value is -1.47. The average molecular weight is 272 g/mol. The van der Waals surface area contributed by atoms with Gasteiger partial charge in [0.2, 0.25) is 0 Å². The maximum absolute atomic E-state index is 4.53. The highest BCUT2D eigenvalue weighted by Gasteiger charge is 1.92. The first kappa shape index (κ1) is 17.5. The van der Waals surface area contributed by atoms with E-state index in [0.717, 1.165) is 12.0 Å². The van der Waals surface area contributed by atoms with Crippen LogP contribution in [0, 0.1) is 6.92 Å². The molecule has 1 heteroatoms. The van der Waals surface area contributed by atoms with E-state index in [1.165, 1.54) is 17.5 Å². The summed E-state index contributed by atoms with van der Waals surface area (Å²) < 4.78 is 0. The number of aryl methyl sites for hydroxylation is 1. The summed E-state index contributed by atoms with van der Waals surface area (Å²) in [5.41, 5.74) is 3.50. The molecule has 102 valence electrons. The molecule has 0 spiro atoms. The van der Waals surface area contributed by atoms with Gasteiger partial charge in [-0.1, -0.05) is 86.3 Å². The van der Waals surface area contributed by atoms with E-state index in [-0.39, 0.29) is 0 Å². The highest BCUT2D eigenvalue weighted by atomic mass is 32.1. The Morgan fingerprint density at radius 1 is 1.21 bits per heavy atom. The molecule has 1 aromatic carbocycles. The first-order valence-corrected chi connectivity index (χ1v) is 7.11. The third-order valence-electron chi connectivity index (χ3n) is 2.43. The van der Waals surface area contributed by atoms with Crippen LogP contribution in [0.1, 0.15) is 37.8 Å². The lowest BCUT2D eigenvalue weighted by Gasteiger charge is -2.00. The summed E-state index contributed by atoms with van der Waals surface area (Å²) in [6, 6.07) is 8.39. The molecule has 19 heavy (non-hydrogen) atoms. The van der Waals surface area contributed by atoms with E-state index in [9.17, 15) is 0 Å². The maximum Gasteiger partial charge on any atom is -0.0190 e. The fourth-order valence-corrected chi connectivity index (χ4v) is 1.50. The molecule has 0 nitrogen and oxygen atoms in total. The minimum Gasteiger partial charge on any atom is -0.0935 e. The van der Waals surface area contributed by atoms with Crippen LogP contribution < -0.4 is 0 Å². The van der Waals surface area contributed by atoms with E-state index >= 15 is 0 Å². The monoisotopic (exact) mass is 272 g/mol. The number of allylic oxidation sites excluding steroid dienone is 5. The van der Waals surface area contributed by atoms with Crippen LogP contribution in [0.3, 0.4) is 0 Å². The molecule has 0 aromatic heterocycles. The third-order valence-corrected chi connectivity index (χ3v) is 2.67. The molecule has 1 aromatic rings. The standard InChI is InChI=1S/C14H16.C4H8S/c1-4-5-6-7-13(3)14-10-8-12(2)9-11-14;1-2-3-4-5/h4-11H,3H2,1-2H3;4H,2-3H2,1H3/b5-4-,7-6-;. The number of unbranched alkanes of at least 4 members (excludes halogenated alkanes) is 1. The van der Waals surface area contributed by atoms with E-state index < -0.39 is 0 Å². The zero-order valence-electron chi connectivity index (χ0n) is 12.2. The van der Waals surface area contributed by atoms with Gasteiger partial charge in [-0.2, -0.15) is 0 Å². The quantitative estimate of drug-likeness (QED) is 0.473. The second-order valence-electron chi connectivity index (χ2n) is 4.23. The third kappa shape index (κ3) is 9.15. The van der Waals surface area contributed by atoms with Crippen LogP contribution in [0.25, 0.3) is 5.57 Å². The summed E-state index contributed by atoms with van der Waals surface area (Å²) in [4.78, 5) is 0. The molecule has 0 fully saturated rings. The van der Waals surface area contributed by atoms with Gasteiger partial charge in [0.15, 0.2) is 0 Å². The van der Waals surface area contributed by atoms with Crippen molar-refractivity contribution in [3.63, 3.8) is 0 Å². The normalized spacial score (nSPS) is 10.3. The smallest absolute Gasteiger partial charge is 0.0190 e. The molecular formula is C18H24S. The Balaban J connectivity index is 0.000000555. The number of hydrogen-bond donors (Lipinski definition) is 0.